The summed E-state index contributed by atoms with van der Waals surface area (Å²) >= 11 is 6.15. The van der Waals surface area contributed by atoms with Crippen molar-refractivity contribution in [3.05, 3.63) is 77.6 Å². The van der Waals surface area contributed by atoms with Crippen LogP contribution in [-0.4, -0.2) is 14.7 Å². The van der Waals surface area contributed by atoms with Gasteiger partial charge in [-0.3, -0.25) is 4.72 Å². The van der Waals surface area contributed by atoms with Crippen LogP contribution in [0.5, 0.6) is 11.5 Å². The largest absolute Gasteiger partial charge is 0.457 e. The second-order valence-electron chi connectivity index (χ2n) is 5.65. The van der Waals surface area contributed by atoms with Crippen molar-refractivity contribution in [3.8, 4) is 22.6 Å². The maximum atomic E-state index is 12.9. The van der Waals surface area contributed by atoms with Gasteiger partial charge in [-0.1, -0.05) is 29.8 Å². The molecule has 0 bridgehead atoms. The van der Waals surface area contributed by atoms with Gasteiger partial charge in [-0.2, -0.15) is 0 Å². The van der Waals surface area contributed by atoms with E-state index in [-0.39, 0.29) is 5.82 Å². The first-order valence-corrected chi connectivity index (χ1v) is 9.88. The number of sulfonamides is 1. The van der Waals surface area contributed by atoms with E-state index < -0.39 is 10.0 Å². The van der Waals surface area contributed by atoms with Gasteiger partial charge >= 0.3 is 0 Å². The number of ether oxygens (including phenoxy) is 1. The predicted octanol–water partition coefficient (Wildman–Crippen LogP) is 5.31. The Hall–Kier alpha value is -2.57. The molecule has 0 fully saturated rings. The Bertz CT molecular complexity index is 1020. The zero-order valence-corrected chi connectivity index (χ0v) is 15.3. The number of anilines is 1. The molecule has 0 spiro atoms. The SMILES string of the molecule is CS(=O)(=O)Nc1ccc(-c2ccc(Oc3ccc(F)cc3)cc2)cc1Cl. The van der Waals surface area contributed by atoms with Gasteiger partial charge in [0, 0.05) is 0 Å². The Labute approximate surface area is 156 Å². The standard InChI is InChI=1S/C19H15ClFNO3S/c1-26(23,24)22-19-11-4-14(12-18(19)20)13-2-7-16(8-3-13)25-17-9-5-15(21)6-10-17/h2-12,22H,1H3. The average molecular weight is 392 g/mol. The lowest BCUT2D eigenvalue weighted by molar-refractivity contribution is 0.480. The minimum absolute atomic E-state index is 0.305. The van der Waals surface area contributed by atoms with E-state index in [1.807, 2.05) is 12.1 Å². The maximum Gasteiger partial charge on any atom is 0.229 e. The number of halogens is 2. The molecule has 0 saturated heterocycles. The minimum Gasteiger partial charge on any atom is -0.457 e. The van der Waals surface area contributed by atoms with E-state index in [0.29, 0.717) is 22.2 Å². The normalized spacial score (nSPS) is 11.2. The van der Waals surface area contributed by atoms with Crippen LogP contribution in [-0.2, 0) is 10.0 Å². The highest BCUT2D eigenvalue weighted by Gasteiger charge is 2.08. The van der Waals surface area contributed by atoms with Crippen molar-refractivity contribution < 1.29 is 17.5 Å². The Kier molecular flexibility index (Phi) is 5.15. The second-order valence-corrected chi connectivity index (χ2v) is 7.80. The third-order valence-corrected chi connectivity index (χ3v) is 4.40. The van der Waals surface area contributed by atoms with E-state index in [2.05, 4.69) is 4.72 Å². The molecule has 1 N–H and O–H groups in total. The van der Waals surface area contributed by atoms with Crippen LogP contribution >= 0.6 is 11.6 Å². The summed E-state index contributed by atoms with van der Waals surface area (Å²) in [6.45, 7) is 0. The van der Waals surface area contributed by atoms with Crippen LogP contribution in [0.4, 0.5) is 10.1 Å². The summed E-state index contributed by atoms with van der Waals surface area (Å²) in [4.78, 5) is 0. The van der Waals surface area contributed by atoms with Crippen LogP contribution < -0.4 is 9.46 Å². The lowest BCUT2D eigenvalue weighted by Crippen LogP contribution is -2.09. The molecule has 0 heterocycles. The van der Waals surface area contributed by atoms with Crippen molar-refractivity contribution in [2.75, 3.05) is 11.0 Å². The first-order valence-electron chi connectivity index (χ1n) is 7.61. The van der Waals surface area contributed by atoms with Crippen LogP contribution in [0.1, 0.15) is 0 Å². The maximum absolute atomic E-state index is 12.9. The third-order valence-electron chi connectivity index (χ3n) is 3.50. The molecule has 3 rings (SSSR count). The number of rotatable bonds is 5. The van der Waals surface area contributed by atoms with Gasteiger partial charge in [0.05, 0.1) is 17.0 Å². The van der Waals surface area contributed by atoms with E-state index in [9.17, 15) is 12.8 Å². The van der Waals surface area contributed by atoms with Crippen LogP contribution in [0.2, 0.25) is 5.02 Å². The van der Waals surface area contributed by atoms with Gasteiger partial charge in [0.1, 0.15) is 17.3 Å². The summed E-state index contributed by atoms with van der Waals surface area (Å²) in [5.74, 6) is 0.832. The number of benzene rings is 3. The molecule has 0 atom stereocenters. The van der Waals surface area contributed by atoms with Gasteiger partial charge in [0.2, 0.25) is 10.0 Å². The van der Waals surface area contributed by atoms with E-state index >= 15 is 0 Å². The van der Waals surface area contributed by atoms with Gasteiger partial charge < -0.3 is 4.74 Å². The minimum atomic E-state index is -3.39. The molecular formula is C19H15ClFNO3S. The molecule has 0 amide bonds. The molecule has 0 radical (unpaired) electrons. The summed E-state index contributed by atoms with van der Waals surface area (Å²) in [6.07, 6.45) is 1.07. The second kappa shape index (κ2) is 7.35. The van der Waals surface area contributed by atoms with Gasteiger partial charge in [-0.15, -0.1) is 0 Å². The highest BCUT2D eigenvalue weighted by Crippen LogP contribution is 2.31. The molecule has 3 aromatic rings. The predicted molar refractivity (Wildman–Crippen MR) is 102 cm³/mol. The Balaban J connectivity index is 1.78. The average Bonchev–Trinajstić information content (AvgIpc) is 2.58. The molecular weight excluding hydrogens is 377 g/mol. The lowest BCUT2D eigenvalue weighted by atomic mass is 10.1. The number of nitrogens with one attached hydrogen (secondary N) is 1. The van der Waals surface area contributed by atoms with Gasteiger partial charge in [-0.05, 0) is 59.7 Å². The molecule has 0 aliphatic rings. The van der Waals surface area contributed by atoms with Crippen LogP contribution in [0.15, 0.2) is 66.7 Å². The fraction of sp³-hybridized carbons (Fsp3) is 0.0526. The molecule has 7 heteroatoms. The first-order chi connectivity index (χ1) is 12.3. The summed E-state index contributed by atoms with van der Waals surface area (Å²) in [5.41, 5.74) is 2.06. The lowest BCUT2D eigenvalue weighted by Gasteiger charge is -2.10. The van der Waals surface area contributed by atoms with E-state index in [1.54, 1.807) is 42.5 Å². The zero-order valence-electron chi connectivity index (χ0n) is 13.7. The van der Waals surface area contributed by atoms with Gasteiger partial charge in [0.25, 0.3) is 0 Å². The van der Waals surface area contributed by atoms with Crippen molar-refractivity contribution in [1.29, 1.82) is 0 Å². The van der Waals surface area contributed by atoms with Gasteiger partial charge in [0.15, 0.2) is 0 Å². The molecule has 0 saturated carbocycles. The quantitative estimate of drug-likeness (QED) is 0.641. The Morgan fingerprint density at radius 2 is 1.42 bits per heavy atom. The van der Waals surface area contributed by atoms with Crippen LogP contribution in [0, 0.1) is 5.82 Å². The fourth-order valence-electron chi connectivity index (χ4n) is 2.33. The van der Waals surface area contributed by atoms with Crippen molar-refractivity contribution in [2.24, 2.45) is 0 Å². The highest BCUT2D eigenvalue weighted by atomic mass is 35.5. The summed E-state index contributed by atoms with van der Waals surface area (Å²) in [6, 6.07) is 18.1. The van der Waals surface area contributed by atoms with Crippen LogP contribution in [0.25, 0.3) is 11.1 Å². The van der Waals surface area contributed by atoms with Crippen molar-refractivity contribution >= 4 is 27.3 Å². The Morgan fingerprint density at radius 3 is 1.96 bits per heavy atom. The molecule has 0 unspecified atom stereocenters. The molecule has 3 aromatic carbocycles. The molecule has 0 aliphatic heterocycles. The highest BCUT2D eigenvalue weighted by molar-refractivity contribution is 7.92. The van der Waals surface area contributed by atoms with E-state index in [1.165, 1.54) is 12.1 Å². The first kappa shape index (κ1) is 18.2. The van der Waals surface area contributed by atoms with Crippen molar-refractivity contribution in [2.45, 2.75) is 0 Å². The monoisotopic (exact) mass is 391 g/mol. The van der Waals surface area contributed by atoms with E-state index in [0.717, 1.165) is 17.4 Å². The molecule has 0 aliphatic carbocycles. The van der Waals surface area contributed by atoms with E-state index in [4.69, 9.17) is 16.3 Å². The molecule has 0 aromatic heterocycles. The third kappa shape index (κ3) is 4.74. The van der Waals surface area contributed by atoms with Crippen molar-refractivity contribution in [1.82, 2.24) is 0 Å². The van der Waals surface area contributed by atoms with Crippen LogP contribution in [0.3, 0.4) is 0 Å². The summed E-state index contributed by atoms with van der Waals surface area (Å²) in [5, 5.41) is 0.305. The van der Waals surface area contributed by atoms with Gasteiger partial charge in [-0.25, -0.2) is 12.8 Å². The molecule has 4 nitrogen and oxygen atoms in total. The summed E-state index contributed by atoms with van der Waals surface area (Å²) < 4.78 is 43.5. The number of hydrogen-bond acceptors (Lipinski definition) is 3. The molecule has 26 heavy (non-hydrogen) atoms. The number of hydrogen-bond donors (Lipinski definition) is 1. The Morgan fingerprint density at radius 1 is 0.885 bits per heavy atom. The zero-order chi connectivity index (χ0) is 18.7. The fourth-order valence-corrected chi connectivity index (χ4v) is 3.19. The molecule has 134 valence electrons. The summed E-state index contributed by atoms with van der Waals surface area (Å²) in [7, 11) is -3.39. The van der Waals surface area contributed by atoms with Crippen molar-refractivity contribution in [3.63, 3.8) is 0 Å². The smallest absolute Gasteiger partial charge is 0.229 e. The topological polar surface area (TPSA) is 55.4 Å².